The van der Waals surface area contributed by atoms with Gasteiger partial charge in [-0.25, -0.2) is 0 Å². The number of methoxy groups -OCH3 is 1. The van der Waals surface area contributed by atoms with Crippen LogP contribution in [-0.4, -0.2) is 49.4 Å². The van der Waals surface area contributed by atoms with Crippen molar-refractivity contribution in [1.29, 1.82) is 0 Å². The van der Waals surface area contributed by atoms with Gasteiger partial charge in [-0.15, -0.1) is 5.10 Å². The Labute approximate surface area is 237 Å². The van der Waals surface area contributed by atoms with E-state index in [-0.39, 0.29) is 30.4 Å². The van der Waals surface area contributed by atoms with Crippen molar-refractivity contribution in [2.24, 2.45) is 5.92 Å². The summed E-state index contributed by atoms with van der Waals surface area (Å²) in [7, 11) is 1.46. The number of carbonyl (C=O) groups is 1. The predicted molar refractivity (Wildman–Crippen MR) is 154 cm³/mol. The molecule has 2 N–H and O–H groups in total. The van der Waals surface area contributed by atoms with Crippen LogP contribution in [0.2, 0.25) is 0 Å². The lowest BCUT2D eigenvalue weighted by molar-refractivity contribution is -0.139. The summed E-state index contributed by atoms with van der Waals surface area (Å²) in [5.74, 6) is -0.609. The van der Waals surface area contributed by atoms with E-state index in [0.717, 1.165) is 11.3 Å². The molecule has 0 radical (unpaired) electrons. The second-order valence-electron chi connectivity index (χ2n) is 10.0. The van der Waals surface area contributed by atoms with Crippen LogP contribution in [0.15, 0.2) is 90.0 Å². The first-order chi connectivity index (χ1) is 19.9. The van der Waals surface area contributed by atoms with Crippen LogP contribution in [0.5, 0.6) is 5.75 Å². The summed E-state index contributed by atoms with van der Waals surface area (Å²) in [6.45, 7) is 2.72. The maximum absolute atomic E-state index is 13.8. The molecule has 1 amide bonds. The molecule has 3 heterocycles. The summed E-state index contributed by atoms with van der Waals surface area (Å²) in [6, 6.07) is 18.1. The predicted octanol–water partition coefficient (Wildman–Crippen LogP) is 2.99. The number of ether oxygens (including phenoxy) is 1. The van der Waals surface area contributed by atoms with Crippen molar-refractivity contribution in [1.82, 2.24) is 19.6 Å². The highest BCUT2D eigenvalue weighted by atomic mass is 16.5. The van der Waals surface area contributed by atoms with Crippen LogP contribution in [0.4, 0.5) is 5.69 Å². The fourth-order valence-corrected chi connectivity index (χ4v) is 5.16. The molecule has 0 saturated carbocycles. The van der Waals surface area contributed by atoms with E-state index >= 15 is 0 Å². The lowest BCUT2D eigenvalue weighted by Crippen LogP contribution is -2.44. The van der Waals surface area contributed by atoms with E-state index in [1.54, 1.807) is 40.2 Å². The van der Waals surface area contributed by atoms with Crippen LogP contribution in [-0.2, 0) is 29.9 Å². The minimum atomic E-state index is -1.71. The maximum Gasteiger partial charge on any atom is 0.297 e. The summed E-state index contributed by atoms with van der Waals surface area (Å²) >= 11 is 0. The zero-order valence-electron chi connectivity index (χ0n) is 23.1. The van der Waals surface area contributed by atoms with Crippen LogP contribution in [0.1, 0.15) is 30.2 Å². The van der Waals surface area contributed by atoms with Crippen molar-refractivity contribution in [3.8, 4) is 11.4 Å². The molecule has 212 valence electrons. The number of nitrogens with zero attached hydrogens (tertiary/aromatic N) is 5. The number of pyridine rings is 1. The fourth-order valence-electron chi connectivity index (χ4n) is 5.16. The number of aliphatic hydroxyl groups is 2. The minimum Gasteiger partial charge on any atom is -0.491 e. The van der Waals surface area contributed by atoms with E-state index in [4.69, 9.17) is 9.84 Å². The molecule has 2 atom stereocenters. The summed E-state index contributed by atoms with van der Waals surface area (Å²) < 4.78 is 8.36. The Morgan fingerprint density at radius 1 is 1.07 bits per heavy atom. The maximum atomic E-state index is 13.8. The second kappa shape index (κ2) is 11.9. The fraction of sp³-hybridized carbons (Fsp3) is 0.290. The monoisotopic (exact) mass is 555 g/mol. The van der Waals surface area contributed by atoms with Gasteiger partial charge in [0.1, 0.15) is 0 Å². The molecule has 1 aliphatic rings. The Hall–Kier alpha value is -4.54. The number of allylic oxidation sites excluding steroid dienone is 1. The van der Waals surface area contributed by atoms with E-state index in [1.165, 1.54) is 11.7 Å². The molecule has 41 heavy (non-hydrogen) atoms. The van der Waals surface area contributed by atoms with E-state index in [0.29, 0.717) is 36.3 Å². The van der Waals surface area contributed by atoms with Gasteiger partial charge >= 0.3 is 0 Å². The average Bonchev–Trinajstić information content (AvgIpc) is 3.53. The number of carbonyl (C=O) groups excluding carboxylic acids is 1. The van der Waals surface area contributed by atoms with Crippen LogP contribution in [0.3, 0.4) is 0 Å². The number of hydrogen-bond donors (Lipinski definition) is 2. The number of rotatable bonds is 11. The third kappa shape index (κ3) is 5.44. The van der Waals surface area contributed by atoms with Gasteiger partial charge in [-0.05, 0) is 42.3 Å². The Kier molecular flexibility index (Phi) is 8.14. The molecule has 5 rings (SSSR count). The SMILES string of the molecule is COc1cccn(-c2ccc(CN3C(=O)[C@](O)([C@H](C)/C=C/CCn4cc(CCO)nn4)c4ccccc43)cc2)c1=O. The van der Waals surface area contributed by atoms with Gasteiger partial charge in [0, 0.05) is 49.1 Å². The largest absolute Gasteiger partial charge is 0.491 e. The van der Waals surface area contributed by atoms with E-state index in [2.05, 4.69) is 10.3 Å². The van der Waals surface area contributed by atoms with Crippen molar-refractivity contribution in [2.75, 3.05) is 18.6 Å². The van der Waals surface area contributed by atoms with Crippen LogP contribution in [0, 0.1) is 5.92 Å². The zero-order valence-corrected chi connectivity index (χ0v) is 23.1. The van der Waals surface area contributed by atoms with Gasteiger partial charge in [-0.3, -0.25) is 18.8 Å². The van der Waals surface area contributed by atoms with Crippen molar-refractivity contribution in [3.63, 3.8) is 0 Å². The molecule has 0 fully saturated rings. The molecule has 0 bridgehead atoms. The molecule has 0 unspecified atom stereocenters. The quantitative estimate of drug-likeness (QED) is 0.273. The number of hydrogen-bond acceptors (Lipinski definition) is 7. The van der Waals surface area contributed by atoms with E-state index < -0.39 is 11.5 Å². The van der Waals surface area contributed by atoms with Crippen molar-refractivity contribution in [2.45, 2.75) is 38.5 Å². The van der Waals surface area contributed by atoms with Gasteiger partial charge in [0.05, 0.1) is 25.0 Å². The topological polar surface area (TPSA) is 123 Å². The van der Waals surface area contributed by atoms with Crippen LogP contribution in [0.25, 0.3) is 5.69 Å². The molecule has 4 aromatic rings. The number of aliphatic hydroxyl groups excluding tert-OH is 1. The summed E-state index contributed by atoms with van der Waals surface area (Å²) in [5, 5.41) is 29.0. The number of aryl methyl sites for hydroxylation is 1. The number of fused-ring (bicyclic) bond motifs is 1. The first-order valence-electron chi connectivity index (χ1n) is 13.5. The highest BCUT2D eigenvalue weighted by molar-refractivity contribution is 6.07. The Balaban J connectivity index is 1.31. The molecule has 1 aliphatic heterocycles. The Morgan fingerprint density at radius 3 is 2.61 bits per heavy atom. The number of anilines is 1. The van der Waals surface area contributed by atoms with Gasteiger partial charge < -0.3 is 19.8 Å². The normalized spacial score (nSPS) is 17.3. The lowest BCUT2D eigenvalue weighted by Gasteiger charge is -2.27. The number of benzene rings is 2. The van der Waals surface area contributed by atoms with E-state index in [9.17, 15) is 14.7 Å². The molecule has 0 aliphatic carbocycles. The number of aromatic nitrogens is 4. The molecular formula is C31H33N5O5. The van der Waals surface area contributed by atoms with Gasteiger partial charge in [0.2, 0.25) is 0 Å². The molecule has 2 aromatic carbocycles. The third-order valence-corrected chi connectivity index (χ3v) is 7.43. The highest BCUT2D eigenvalue weighted by Gasteiger charge is 2.52. The van der Waals surface area contributed by atoms with Gasteiger partial charge in [-0.1, -0.05) is 54.6 Å². The standard InChI is InChI=1S/C31H33N5O5/c1-22(8-5-6-17-34-21-24(16-19-37)32-33-34)31(40)26-9-3-4-10-27(26)36(30(31)39)20-23-12-14-25(15-13-23)35-18-7-11-28(41-2)29(35)38/h3-5,7-15,18,21-22,37,40H,6,16-17,19-20H2,1-2H3/b8-5+/t22-,31+/m1/s1. The summed E-state index contributed by atoms with van der Waals surface area (Å²) in [5.41, 5.74) is 1.55. The van der Waals surface area contributed by atoms with Crippen LogP contribution >= 0.6 is 0 Å². The lowest BCUT2D eigenvalue weighted by atomic mass is 9.83. The van der Waals surface area contributed by atoms with Crippen molar-refractivity contribution in [3.05, 3.63) is 112 Å². The summed E-state index contributed by atoms with van der Waals surface area (Å²) in [4.78, 5) is 28.0. The van der Waals surface area contributed by atoms with E-state index in [1.807, 2.05) is 61.5 Å². The molecule has 2 aromatic heterocycles. The van der Waals surface area contributed by atoms with Gasteiger partial charge in [-0.2, -0.15) is 0 Å². The summed E-state index contributed by atoms with van der Waals surface area (Å²) in [6.07, 6.45) is 8.39. The van der Waals surface area contributed by atoms with Gasteiger partial charge in [0.15, 0.2) is 11.4 Å². The number of amides is 1. The zero-order chi connectivity index (χ0) is 29.0. The molecular weight excluding hydrogens is 522 g/mol. The van der Waals surface area contributed by atoms with Crippen molar-refractivity contribution >= 4 is 11.6 Å². The highest BCUT2D eigenvalue weighted by Crippen LogP contribution is 2.45. The second-order valence-corrected chi connectivity index (χ2v) is 10.0. The Morgan fingerprint density at radius 2 is 1.85 bits per heavy atom. The third-order valence-electron chi connectivity index (χ3n) is 7.43. The van der Waals surface area contributed by atoms with Crippen LogP contribution < -0.4 is 15.2 Å². The first kappa shape index (κ1) is 28.0. The number of para-hydroxylation sites is 1. The molecule has 0 saturated heterocycles. The van der Waals surface area contributed by atoms with Crippen molar-refractivity contribution < 1.29 is 19.7 Å². The average molecular weight is 556 g/mol. The minimum absolute atomic E-state index is 0.0250. The first-order valence-corrected chi connectivity index (χ1v) is 13.5. The molecule has 0 spiro atoms. The Bertz CT molecular complexity index is 1610. The van der Waals surface area contributed by atoms with Gasteiger partial charge in [0.25, 0.3) is 11.5 Å². The smallest absolute Gasteiger partial charge is 0.297 e. The molecule has 10 heteroatoms. The molecule has 10 nitrogen and oxygen atoms in total.